The van der Waals surface area contributed by atoms with Gasteiger partial charge in [-0.1, -0.05) is 63.5 Å². The van der Waals surface area contributed by atoms with Gasteiger partial charge in [0.25, 0.3) is 5.91 Å². The first-order valence-corrected chi connectivity index (χ1v) is 41.2. The lowest BCUT2D eigenvalue weighted by molar-refractivity contribution is -0.120. The molecule has 11 unspecified atom stereocenters. The third-order valence-electron chi connectivity index (χ3n) is 17.6. The molecule has 0 radical (unpaired) electrons. The molecule has 7 aliphatic rings. The lowest BCUT2D eigenvalue weighted by Crippen LogP contribution is -2.42. The average Bonchev–Trinajstić information content (AvgIpc) is 1.50. The summed E-state index contributed by atoms with van der Waals surface area (Å²) in [6.45, 7) is 6.04. The predicted molar refractivity (Wildman–Crippen MR) is 351 cm³/mol. The van der Waals surface area contributed by atoms with E-state index in [-0.39, 0.29) is 89.1 Å². The molecule has 3 amide bonds. The molecule has 9 rings (SSSR count). The van der Waals surface area contributed by atoms with Crippen LogP contribution in [0.4, 0.5) is 4.79 Å². The largest absolute Gasteiger partial charge is 0.472 e. The van der Waals surface area contributed by atoms with Crippen molar-refractivity contribution >= 4 is 57.0 Å². The van der Waals surface area contributed by atoms with Crippen LogP contribution in [0.2, 0.25) is 0 Å². The Bertz CT molecular complexity index is 3420. The first-order valence-electron chi connectivity index (χ1n) is 33.7. The molecule has 41 heteroatoms. The molecule has 6 aliphatic heterocycles. The second-order valence-electron chi connectivity index (χ2n) is 25.2. The molecule has 7 heterocycles. The Morgan fingerprint density at radius 1 is 0.624 bits per heavy atom. The van der Waals surface area contributed by atoms with Crippen molar-refractivity contribution in [2.45, 2.75) is 197 Å². The maximum absolute atomic E-state index is 13.2. The molecule has 1 aromatic carbocycles. The van der Waals surface area contributed by atoms with Crippen LogP contribution in [0.25, 0.3) is 11.3 Å². The van der Waals surface area contributed by atoms with E-state index < -0.39 is 158 Å². The molecular formula is C60H93N6O30P5. The van der Waals surface area contributed by atoms with Crippen LogP contribution in [0.1, 0.15) is 120 Å². The lowest BCUT2D eigenvalue weighted by atomic mass is 9.89. The van der Waals surface area contributed by atoms with Gasteiger partial charge >= 0.3 is 45.2 Å². The summed E-state index contributed by atoms with van der Waals surface area (Å²) in [6.07, 6.45) is -3.22. The lowest BCUT2D eigenvalue weighted by Gasteiger charge is -2.32. The second kappa shape index (κ2) is 37.6. The molecular weight excluding hydrogens is 1440 g/mol. The van der Waals surface area contributed by atoms with E-state index in [4.69, 9.17) is 73.7 Å². The molecule has 5 fully saturated rings. The minimum absolute atomic E-state index is 0.000482. The normalized spacial score (nSPS) is 29.3. The third-order valence-corrected chi connectivity index (χ3v) is 22.6. The van der Waals surface area contributed by atoms with Crippen molar-refractivity contribution in [1.82, 2.24) is 31.0 Å². The van der Waals surface area contributed by atoms with Crippen molar-refractivity contribution in [2.75, 3.05) is 79.2 Å². The van der Waals surface area contributed by atoms with Gasteiger partial charge in [0.15, 0.2) is 0 Å². The highest BCUT2D eigenvalue weighted by Gasteiger charge is 2.46. The molecule has 2 aromatic rings. The number of aromatic nitrogens is 2. The van der Waals surface area contributed by atoms with E-state index in [1.54, 1.807) is 6.92 Å². The highest BCUT2D eigenvalue weighted by atomic mass is 31.2. The van der Waals surface area contributed by atoms with Crippen molar-refractivity contribution in [1.29, 1.82) is 0 Å². The van der Waals surface area contributed by atoms with E-state index in [0.717, 1.165) is 46.5 Å². The number of carbonyl (C=O) groups is 3. The van der Waals surface area contributed by atoms with Gasteiger partial charge in [0.1, 0.15) is 73.1 Å². The van der Waals surface area contributed by atoms with Crippen molar-refractivity contribution in [2.24, 2.45) is 0 Å². The summed E-state index contributed by atoms with van der Waals surface area (Å²) in [6, 6.07) is 7.79. The minimum Gasteiger partial charge on any atom is -0.446 e. The van der Waals surface area contributed by atoms with Crippen LogP contribution in [0, 0.1) is 6.92 Å². The van der Waals surface area contributed by atoms with Gasteiger partial charge < -0.3 is 78.8 Å². The number of hydrogen-bond donors (Lipinski definition) is 9. The van der Waals surface area contributed by atoms with E-state index in [2.05, 4.69) is 39.7 Å². The van der Waals surface area contributed by atoms with Gasteiger partial charge in [0, 0.05) is 89.0 Å². The Balaban J connectivity index is 0.633. The number of rotatable bonds is 38. The minimum atomic E-state index is -4.99. The molecule has 0 bridgehead atoms. The highest BCUT2D eigenvalue weighted by Crippen LogP contribution is 2.53. The number of alkyl carbamates (subject to hydrolysis) is 1. The smallest absolute Gasteiger partial charge is 0.446 e. The number of nitrogens with zero attached hydrogens (tertiary/aromatic N) is 3. The number of hydrogen-bond acceptors (Lipinski definition) is 28. The fourth-order valence-corrected chi connectivity index (χ4v) is 16.9. The van der Waals surface area contributed by atoms with Crippen LogP contribution in [0.3, 0.4) is 0 Å². The SMILES string of the molecule is C=C1NC(=O)C(C)=CN1[C@H]1CC(O)[C@@H](COP(=O)(O)OC2CCO[C@@H]2COP(=O)(O)OC2CCO[C@@H]2COP(=O)(O)OC2CCO[C@@H]2COP(=O)(O)OC2CCO[C@@H]2COP(=O)(O)OCCNC(=O)OC2CCCc3c(-c4ccc(CC(=O)NCCCCCCC)cc4)nnc(C)c3CC2)O1. The van der Waals surface area contributed by atoms with Gasteiger partial charge in [0.2, 0.25) is 5.91 Å². The van der Waals surface area contributed by atoms with E-state index in [0.29, 0.717) is 44.2 Å². The molecule has 568 valence electrons. The number of aliphatic hydroxyl groups excluding tert-OH is 1. The number of aryl methyl sites for hydroxylation is 1. The van der Waals surface area contributed by atoms with Gasteiger partial charge in [-0.05, 0) is 69.1 Å². The summed E-state index contributed by atoms with van der Waals surface area (Å²) in [5, 5.41) is 27.7. The fourth-order valence-electron chi connectivity index (χ4n) is 12.2. The zero-order valence-corrected chi connectivity index (χ0v) is 60.9. The van der Waals surface area contributed by atoms with Crippen molar-refractivity contribution in [3.63, 3.8) is 0 Å². The average molecular weight is 1530 g/mol. The number of aliphatic hydroxyl groups is 1. The Hall–Kier alpha value is -3.90. The summed E-state index contributed by atoms with van der Waals surface area (Å²) < 4.78 is 151. The van der Waals surface area contributed by atoms with Crippen LogP contribution in [0.5, 0.6) is 0 Å². The van der Waals surface area contributed by atoms with E-state index in [1.807, 2.05) is 31.2 Å². The quantitative estimate of drug-likeness (QED) is 0.0274. The first-order chi connectivity index (χ1) is 48.0. The number of nitrogens with one attached hydrogen (secondary N) is 3. The van der Waals surface area contributed by atoms with Crippen LogP contribution in [-0.2, 0) is 125 Å². The summed E-state index contributed by atoms with van der Waals surface area (Å²) in [5.41, 5.74) is 5.81. The summed E-state index contributed by atoms with van der Waals surface area (Å²) in [5.74, 6) is -0.162. The fraction of sp³-hybridized carbons (Fsp3) is 0.717. The van der Waals surface area contributed by atoms with Crippen LogP contribution >= 0.6 is 39.1 Å². The van der Waals surface area contributed by atoms with E-state index in [1.165, 1.54) is 30.4 Å². The number of phosphoric ester groups is 5. The number of amides is 3. The Morgan fingerprint density at radius 3 is 1.65 bits per heavy atom. The standard InChI is InChI=1S/C60H93N6O30P5/c1-5-6-7-8-9-23-61-56(68)30-41-13-15-42(16-14-41)58-45-12-10-11-43(17-18-44(45)39(3)64-65-58)91-60(70)62-24-29-85-97(71,72)86-34-52-47(19-25-81-52)94-99(75,76)88-36-54-49(21-27-83-54)96-101(79,80)90-37-55-50(22-28-84-55)95-100(77,78)89-35-53-48(20-26-82-53)93-98(73,74)87-33-51-46(67)31-57(92-51)66-32-38(2)59(69)63-40(66)4/h13-16,32,43,46-55,57,67H,4-12,17-31,33-37H2,1-3H3,(H,61,68)(H,62,70)(H,63,69)(H,71,72)(H,73,74)(H,75,76)(H,77,78)(H,79,80)/t43?,46?,47?,48?,49?,50?,51-,52-,53-,54-,55-,57-/m1/s1. The van der Waals surface area contributed by atoms with Gasteiger partial charge in [0.05, 0.1) is 63.6 Å². The molecule has 0 saturated carbocycles. The molecule has 36 nitrogen and oxygen atoms in total. The maximum atomic E-state index is 13.2. The molecule has 1 aliphatic carbocycles. The monoisotopic (exact) mass is 1530 g/mol. The maximum Gasteiger partial charge on any atom is 0.472 e. The zero-order valence-electron chi connectivity index (χ0n) is 56.4. The molecule has 101 heavy (non-hydrogen) atoms. The number of fused-ring (bicyclic) bond motifs is 1. The predicted octanol–water partition coefficient (Wildman–Crippen LogP) is 6.03. The Labute approximate surface area is 584 Å². The number of carbonyl (C=O) groups excluding carboxylic acids is 3. The summed E-state index contributed by atoms with van der Waals surface area (Å²) >= 11 is 0. The molecule has 5 saturated heterocycles. The van der Waals surface area contributed by atoms with Gasteiger partial charge in [-0.15, -0.1) is 5.10 Å². The van der Waals surface area contributed by atoms with Crippen LogP contribution in [-0.4, -0.2) is 215 Å². The molecule has 9 N–H and O–H groups in total. The third kappa shape index (κ3) is 25.1. The van der Waals surface area contributed by atoms with Gasteiger partial charge in [-0.25, -0.2) is 27.6 Å². The highest BCUT2D eigenvalue weighted by molar-refractivity contribution is 7.48. The first kappa shape index (κ1) is 81.2. The molecule has 0 spiro atoms. The number of unbranched alkanes of at least 4 members (excludes halogenated alkanes) is 4. The number of benzene rings is 1. The van der Waals surface area contributed by atoms with Gasteiger partial charge in [-0.3, -0.25) is 54.8 Å². The van der Waals surface area contributed by atoms with Crippen molar-refractivity contribution in [3.05, 3.63) is 70.8 Å². The number of ether oxygens (including phenoxy) is 6. The topological polar surface area (TPSA) is 471 Å². The molecule has 17 atom stereocenters. The van der Waals surface area contributed by atoms with E-state index in [9.17, 15) is 66.8 Å². The van der Waals surface area contributed by atoms with Crippen molar-refractivity contribution in [3.8, 4) is 11.3 Å². The Morgan fingerprint density at radius 2 is 1.13 bits per heavy atom. The number of phosphoric acid groups is 5. The zero-order chi connectivity index (χ0) is 72.5. The second-order valence-corrected chi connectivity index (χ2v) is 32.3. The van der Waals surface area contributed by atoms with Crippen LogP contribution < -0.4 is 16.0 Å². The van der Waals surface area contributed by atoms with Crippen LogP contribution in [0.15, 0.2) is 48.4 Å². The summed E-state index contributed by atoms with van der Waals surface area (Å²) in [4.78, 5) is 92.1. The molecule has 1 aromatic heterocycles. The van der Waals surface area contributed by atoms with E-state index >= 15 is 0 Å². The van der Waals surface area contributed by atoms with Gasteiger partial charge in [-0.2, -0.15) is 5.10 Å². The van der Waals surface area contributed by atoms with Crippen molar-refractivity contribution < 1.29 is 140 Å². The Kier molecular flexibility index (Phi) is 30.2. The summed E-state index contributed by atoms with van der Waals surface area (Å²) in [7, 11) is -24.6.